The molecule has 19 heavy (non-hydrogen) atoms. The summed E-state index contributed by atoms with van der Waals surface area (Å²) >= 11 is 1.36. The van der Waals surface area contributed by atoms with Gasteiger partial charge >= 0.3 is 0 Å². The molecule has 1 amide bonds. The van der Waals surface area contributed by atoms with Crippen molar-refractivity contribution >= 4 is 17.2 Å². The topological polar surface area (TPSA) is 49.3 Å². The predicted molar refractivity (Wildman–Crippen MR) is 68.0 cm³/mol. The van der Waals surface area contributed by atoms with E-state index < -0.39 is 29.2 Å². The predicted octanol–water partition coefficient (Wildman–Crippen LogP) is 2.49. The molecule has 0 aliphatic rings. The fourth-order valence-electron chi connectivity index (χ4n) is 1.62. The second-order valence-corrected chi connectivity index (χ2v) is 4.65. The molecule has 100 valence electrons. The highest BCUT2D eigenvalue weighted by molar-refractivity contribution is 7.08. The molecule has 0 saturated heterocycles. The smallest absolute Gasteiger partial charge is 0.252 e. The molecule has 1 heterocycles. The summed E-state index contributed by atoms with van der Waals surface area (Å²) in [5.74, 6) is -2.06. The lowest BCUT2D eigenvalue weighted by Crippen LogP contribution is -2.28. The number of amides is 1. The molecule has 2 N–H and O–H groups in total. The Labute approximate surface area is 112 Å². The van der Waals surface area contributed by atoms with Crippen molar-refractivity contribution in [2.45, 2.75) is 6.10 Å². The van der Waals surface area contributed by atoms with E-state index in [1.165, 1.54) is 17.4 Å². The number of carbonyl (C=O) groups is 1. The Kier molecular flexibility index (Phi) is 4.24. The molecular weight excluding hydrogens is 272 g/mol. The van der Waals surface area contributed by atoms with Crippen LogP contribution in [-0.4, -0.2) is 17.6 Å². The molecule has 0 radical (unpaired) electrons. The number of hydrogen-bond acceptors (Lipinski definition) is 3. The fourth-order valence-corrected chi connectivity index (χ4v) is 2.25. The lowest BCUT2D eigenvalue weighted by Gasteiger charge is -2.13. The first-order valence-corrected chi connectivity index (χ1v) is 6.46. The molecule has 1 aromatic carbocycles. The molecule has 0 bridgehead atoms. The SMILES string of the molecule is O=C(NC[C@H](O)c1c(F)cccc1F)c1ccsc1. The maximum atomic E-state index is 13.4. The summed E-state index contributed by atoms with van der Waals surface area (Å²) in [4.78, 5) is 11.6. The van der Waals surface area contributed by atoms with Crippen molar-refractivity contribution in [3.05, 3.63) is 57.8 Å². The molecule has 0 unspecified atom stereocenters. The quantitative estimate of drug-likeness (QED) is 0.905. The molecule has 2 rings (SSSR count). The van der Waals surface area contributed by atoms with Crippen molar-refractivity contribution in [2.24, 2.45) is 0 Å². The van der Waals surface area contributed by atoms with Gasteiger partial charge in [0.15, 0.2) is 0 Å². The van der Waals surface area contributed by atoms with Gasteiger partial charge in [-0.15, -0.1) is 0 Å². The van der Waals surface area contributed by atoms with E-state index in [9.17, 15) is 18.7 Å². The zero-order valence-electron chi connectivity index (χ0n) is 9.77. The zero-order valence-corrected chi connectivity index (χ0v) is 10.6. The van der Waals surface area contributed by atoms with Crippen molar-refractivity contribution in [3.8, 4) is 0 Å². The van der Waals surface area contributed by atoms with E-state index in [2.05, 4.69) is 5.32 Å². The number of aliphatic hydroxyl groups is 1. The number of halogens is 2. The Morgan fingerprint density at radius 1 is 1.32 bits per heavy atom. The number of hydrogen-bond donors (Lipinski definition) is 2. The maximum absolute atomic E-state index is 13.4. The number of rotatable bonds is 4. The Balaban J connectivity index is 2.02. The Hall–Kier alpha value is -1.79. The Morgan fingerprint density at radius 3 is 2.58 bits per heavy atom. The van der Waals surface area contributed by atoms with Crippen molar-refractivity contribution in [1.82, 2.24) is 5.32 Å². The monoisotopic (exact) mass is 283 g/mol. The maximum Gasteiger partial charge on any atom is 0.252 e. The molecule has 0 aliphatic heterocycles. The second-order valence-electron chi connectivity index (χ2n) is 3.87. The number of benzene rings is 1. The van der Waals surface area contributed by atoms with Crippen molar-refractivity contribution in [2.75, 3.05) is 6.54 Å². The van der Waals surface area contributed by atoms with Crippen LogP contribution in [0.4, 0.5) is 8.78 Å². The summed E-state index contributed by atoms with van der Waals surface area (Å²) in [5, 5.41) is 15.5. The number of thiophene rings is 1. The average Bonchev–Trinajstić information content (AvgIpc) is 2.89. The minimum absolute atomic E-state index is 0.257. The van der Waals surface area contributed by atoms with Crippen molar-refractivity contribution in [3.63, 3.8) is 0 Å². The summed E-state index contributed by atoms with van der Waals surface area (Å²) in [6.45, 7) is -0.257. The van der Waals surface area contributed by atoms with Gasteiger partial charge in [0.05, 0.1) is 5.56 Å². The van der Waals surface area contributed by atoms with Crippen LogP contribution < -0.4 is 5.32 Å². The molecule has 0 fully saturated rings. The molecule has 1 aromatic heterocycles. The first kappa shape index (κ1) is 13.6. The number of aliphatic hydroxyl groups excluding tert-OH is 1. The van der Waals surface area contributed by atoms with E-state index >= 15 is 0 Å². The average molecular weight is 283 g/mol. The van der Waals surface area contributed by atoms with Gasteiger partial charge in [-0.1, -0.05) is 6.07 Å². The van der Waals surface area contributed by atoms with Gasteiger partial charge in [0.25, 0.3) is 5.91 Å². The number of nitrogens with one attached hydrogen (secondary N) is 1. The van der Waals surface area contributed by atoms with Gasteiger partial charge in [-0.2, -0.15) is 11.3 Å². The molecule has 2 aromatic rings. The van der Waals surface area contributed by atoms with Crippen molar-refractivity contribution in [1.29, 1.82) is 0 Å². The van der Waals surface area contributed by atoms with Gasteiger partial charge in [-0.25, -0.2) is 8.78 Å². The molecular formula is C13H11F2NO2S. The van der Waals surface area contributed by atoms with Gasteiger partial charge in [0.1, 0.15) is 17.7 Å². The third-order valence-corrected chi connectivity index (χ3v) is 3.26. The molecule has 0 aliphatic carbocycles. The van der Waals surface area contributed by atoms with Crippen LogP contribution in [0.1, 0.15) is 22.0 Å². The summed E-state index contributed by atoms with van der Waals surface area (Å²) in [5.41, 5.74) is 0.0133. The molecule has 3 nitrogen and oxygen atoms in total. The highest BCUT2D eigenvalue weighted by Gasteiger charge is 2.18. The summed E-state index contributed by atoms with van der Waals surface area (Å²) in [6.07, 6.45) is -1.43. The normalized spacial score (nSPS) is 12.2. The highest BCUT2D eigenvalue weighted by Crippen LogP contribution is 2.20. The Morgan fingerprint density at radius 2 is 2.00 bits per heavy atom. The van der Waals surface area contributed by atoms with Gasteiger partial charge in [-0.05, 0) is 23.6 Å². The second kappa shape index (κ2) is 5.90. The largest absolute Gasteiger partial charge is 0.386 e. The van der Waals surface area contributed by atoms with Gasteiger partial charge in [0.2, 0.25) is 0 Å². The summed E-state index contributed by atoms with van der Waals surface area (Å²) in [6, 6.07) is 4.95. The third-order valence-electron chi connectivity index (χ3n) is 2.57. The third kappa shape index (κ3) is 3.15. The van der Waals surface area contributed by atoms with Crippen LogP contribution in [0.2, 0.25) is 0 Å². The first-order chi connectivity index (χ1) is 9.09. The molecule has 0 saturated carbocycles. The van der Waals surface area contributed by atoms with E-state index in [4.69, 9.17) is 0 Å². The standard InChI is InChI=1S/C13H11F2NO2S/c14-9-2-1-3-10(15)12(9)11(17)6-16-13(18)8-4-5-19-7-8/h1-5,7,11,17H,6H2,(H,16,18)/t11-/m0/s1. The fraction of sp³-hybridized carbons (Fsp3) is 0.154. The van der Waals surface area contributed by atoms with Crippen LogP contribution in [0.25, 0.3) is 0 Å². The zero-order chi connectivity index (χ0) is 13.8. The van der Waals surface area contributed by atoms with E-state index in [0.717, 1.165) is 12.1 Å². The van der Waals surface area contributed by atoms with Gasteiger partial charge in [-0.3, -0.25) is 4.79 Å². The summed E-state index contributed by atoms with van der Waals surface area (Å²) in [7, 11) is 0. The minimum atomic E-state index is -1.43. The molecule has 0 spiro atoms. The molecule has 6 heteroatoms. The minimum Gasteiger partial charge on any atom is -0.386 e. The van der Waals surface area contributed by atoms with Crippen LogP contribution in [0, 0.1) is 11.6 Å². The van der Waals surface area contributed by atoms with Crippen molar-refractivity contribution < 1.29 is 18.7 Å². The summed E-state index contributed by atoms with van der Waals surface area (Å²) < 4.78 is 26.8. The van der Waals surface area contributed by atoms with Gasteiger partial charge < -0.3 is 10.4 Å². The first-order valence-electron chi connectivity index (χ1n) is 5.52. The van der Waals surface area contributed by atoms with Gasteiger partial charge in [0, 0.05) is 17.5 Å². The molecule has 1 atom stereocenters. The van der Waals surface area contributed by atoms with Crippen LogP contribution >= 0.6 is 11.3 Å². The number of carbonyl (C=O) groups excluding carboxylic acids is 1. The van der Waals surface area contributed by atoms with E-state index in [1.54, 1.807) is 16.8 Å². The lowest BCUT2D eigenvalue weighted by molar-refractivity contribution is 0.0912. The van der Waals surface area contributed by atoms with Crippen LogP contribution in [-0.2, 0) is 0 Å². The van der Waals surface area contributed by atoms with E-state index in [0.29, 0.717) is 5.56 Å². The van der Waals surface area contributed by atoms with E-state index in [1.807, 2.05) is 0 Å². The lowest BCUT2D eigenvalue weighted by atomic mass is 10.1. The van der Waals surface area contributed by atoms with Crippen LogP contribution in [0.15, 0.2) is 35.0 Å². The highest BCUT2D eigenvalue weighted by atomic mass is 32.1. The van der Waals surface area contributed by atoms with E-state index in [-0.39, 0.29) is 6.54 Å². The van der Waals surface area contributed by atoms with Crippen LogP contribution in [0.3, 0.4) is 0 Å². The Bertz CT molecular complexity index is 552. The van der Waals surface area contributed by atoms with Crippen LogP contribution in [0.5, 0.6) is 0 Å².